The van der Waals surface area contributed by atoms with Crippen molar-refractivity contribution in [3.05, 3.63) is 45.4 Å². The molecule has 3 N–H and O–H groups in total. The Bertz CT molecular complexity index is 539. The first-order valence-electron chi connectivity index (χ1n) is 5.35. The van der Waals surface area contributed by atoms with Crippen LogP contribution in [-0.4, -0.2) is 10.9 Å². The van der Waals surface area contributed by atoms with Crippen molar-refractivity contribution >= 4 is 34.5 Å². The maximum atomic E-state index is 11.7. The topological polar surface area (TPSA) is 68.0 Å². The van der Waals surface area contributed by atoms with Gasteiger partial charge < -0.3 is 11.1 Å². The molecule has 4 nitrogen and oxygen atoms in total. The highest BCUT2D eigenvalue weighted by Crippen LogP contribution is 2.20. The Kier molecular flexibility index (Phi) is 4.17. The number of nitrogens with one attached hydrogen (secondary N) is 1. The SMILES string of the molecule is Nc1ccc(CC(=O)NCc2ccc(Cl)s2)nc1. The zero-order valence-corrected chi connectivity index (χ0v) is 11.1. The lowest BCUT2D eigenvalue weighted by atomic mass is 10.2. The van der Waals surface area contributed by atoms with Crippen LogP contribution in [0.5, 0.6) is 0 Å². The highest BCUT2D eigenvalue weighted by atomic mass is 35.5. The second-order valence-corrected chi connectivity index (χ2v) is 5.54. The second kappa shape index (κ2) is 5.84. The molecule has 0 aliphatic carbocycles. The van der Waals surface area contributed by atoms with Gasteiger partial charge in [-0.1, -0.05) is 11.6 Å². The highest BCUT2D eigenvalue weighted by molar-refractivity contribution is 7.16. The van der Waals surface area contributed by atoms with Crippen molar-refractivity contribution in [1.82, 2.24) is 10.3 Å². The van der Waals surface area contributed by atoms with Gasteiger partial charge in [0.1, 0.15) is 0 Å². The molecule has 0 atom stereocenters. The molecule has 2 heterocycles. The Balaban J connectivity index is 1.83. The molecule has 2 aromatic heterocycles. The van der Waals surface area contributed by atoms with Crippen LogP contribution in [0.2, 0.25) is 4.34 Å². The average Bonchev–Trinajstić information content (AvgIpc) is 2.76. The third-order valence-electron chi connectivity index (χ3n) is 2.28. The lowest BCUT2D eigenvalue weighted by Crippen LogP contribution is -2.24. The van der Waals surface area contributed by atoms with Gasteiger partial charge in [-0.25, -0.2) is 0 Å². The predicted octanol–water partition coefficient (Wildman–Crippen LogP) is 2.24. The van der Waals surface area contributed by atoms with Gasteiger partial charge in [0, 0.05) is 10.6 Å². The number of carbonyl (C=O) groups excluding carboxylic acids is 1. The fourth-order valence-electron chi connectivity index (χ4n) is 1.40. The van der Waals surface area contributed by atoms with Crippen LogP contribution in [0.15, 0.2) is 30.5 Å². The van der Waals surface area contributed by atoms with Gasteiger partial charge in [-0.3, -0.25) is 9.78 Å². The highest BCUT2D eigenvalue weighted by Gasteiger charge is 2.05. The van der Waals surface area contributed by atoms with Gasteiger partial charge in [0.05, 0.1) is 29.2 Å². The number of aromatic nitrogens is 1. The zero-order valence-electron chi connectivity index (χ0n) is 9.52. The first-order chi connectivity index (χ1) is 8.63. The number of pyridine rings is 1. The van der Waals surface area contributed by atoms with Gasteiger partial charge in [-0.05, 0) is 24.3 Å². The monoisotopic (exact) mass is 281 g/mol. The first kappa shape index (κ1) is 12.9. The molecule has 6 heteroatoms. The summed E-state index contributed by atoms with van der Waals surface area (Å²) in [6.07, 6.45) is 1.79. The number of carbonyl (C=O) groups is 1. The molecule has 94 valence electrons. The number of nitrogens with zero attached hydrogens (tertiary/aromatic N) is 1. The third-order valence-corrected chi connectivity index (χ3v) is 3.51. The maximum absolute atomic E-state index is 11.7. The van der Waals surface area contributed by atoms with Crippen LogP contribution >= 0.6 is 22.9 Å². The fourth-order valence-corrected chi connectivity index (χ4v) is 2.43. The molecule has 0 saturated carbocycles. The van der Waals surface area contributed by atoms with E-state index in [9.17, 15) is 4.79 Å². The standard InChI is InChI=1S/C12H12ClN3OS/c13-11-4-3-10(18-11)7-16-12(17)5-9-2-1-8(14)6-15-9/h1-4,6H,5,7,14H2,(H,16,17). The van der Waals surface area contributed by atoms with E-state index in [0.717, 1.165) is 9.21 Å². The molecule has 0 aliphatic heterocycles. The van der Waals surface area contributed by atoms with E-state index in [1.54, 1.807) is 18.3 Å². The van der Waals surface area contributed by atoms with Crippen LogP contribution in [0.3, 0.4) is 0 Å². The Morgan fingerprint density at radius 2 is 2.22 bits per heavy atom. The molecule has 2 aromatic rings. The van der Waals surface area contributed by atoms with Crippen LogP contribution in [0.1, 0.15) is 10.6 Å². The molecule has 0 aromatic carbocycles. The van der Waals surface area contributed by atoms with E-state index in [0.29, 0.717) is 17.9 Å². The van der Waals surface area contributed by atoms with Crippen molar-refractivity contribution in [3.63, 3.8) is 0 Å². The van der Waals surface area contributed by atoms with Crippen molar-refractivity contribution in [1.29, 1.82) is 0 Å². The van der Waals surface area contributed by atoms with E-state index < -0.39 is 0 Å². The number of rotatable bonds is 4. The van der Waals surface area contributed by atoms with Crippen LogP contribution in [0.4, 0.5) is 5.69 Å². The summed E-state index contributed by atoms with van der Waals surface area (Å²) >= 11 is 7.26. The lowest BCUT2D eigenvalue weighted by Gasteiger charge is -2.03. The molecule has 2 rings (SSSR count). The van der Waals surface area contributed by atoms with Crippen LogP contribution < -0.4 is 11.1 Å². The Labute approximate surface area is 114 Å². The summed E-state index contributed by atoms with van der Waals surface area (Å²) in [6, 6.07) is 7.19. The Hall–Kier alpha value is -1.59. The van der Waals surface area contributed by atoms with Gasteiger partial charge in [0.15, 0.2) is 0 Å². The summed E-state index contributed by atoms with van der Waals surface area (Å²) in [6.45, 7) is 0.491. The minimum atomic E-state index is -0.0724. The Morgan fingerprint density at radius 1 is 1.39 bits per heavy atom. The maximum Gasteiger partial charge on any atom is 0.226 e. The lowest BCUT2D eigenvalue weighted by molar-refractivity contribution is -0.120. The van der Waals surface area contributed by atoms with Gasteiger partial charge in [-0.2, -0.15) is 0 Å². The molecular weight excluding hydrogens is 270 g/mol. The smallest absolute Gasteiger partial charge is 0.226 e. The van der Waals surface area contributed by atoms with E-state index in [-0.39, 0.29) is 12.3 Å². The molecule has 1 amide bonds. The second-order valence-electron chi connectivity index (χ2n) is 3.74. The molecule has 18 heavy (non-hydrogen) atoms. The van der Waals surface area contributed by atoms with E-state index >= 15 is 0 Å². The van der Waals surface area contributed by atoms with Gasteiger partial charge in [0.25, 0.3) is 0 Å². The predicted molar refractivity (Wildman–Crippen MR) is 73.5 cm³/mol. The molecule has 0 fully saturated rings. The molecule has 0 radical (unpaired) electrons. The van der Waals surface area contributed by atoms with Gasteiger partial charge >= 0.3 is 0 Å². The molecule has 0 saturated heterocycles. The largest absolute Gasteiger partial charge is 0.397 e. The number of hydrogen-bond donors (Lipinski definition) is 2. The number of halogens is 1. The minimum absolute atomic E-state index is 0.0724. The van der Waals surface area contributed by atoms with Gasteiger partial charge in [0.2, 0.25) is 5.91 Å². The van der Waals surface area contributed by atoms with Crippen molar-refractivity contribution in [2.24, 2.45) is 0 Å². The molecule has 0 aliphatic rings. The number of nitrogens with two attached hydrogens (primary N) is 1. The minimum Gasteiger partial charge on any atom is -0.397 e. The fraction of sp³-hybridized carbons (Fsp3) is 0.167. The molecule has 0 unspecified atom stereocenters. The van der Waals surface area contributed by atoms with Crippen molar-refractivity contribution in [2.75, 3.05) is 5.73 Å². The zero-order chi connectivity index (χ0) is 13.0. The quantitative estimate of drug-likeness (QED) is 0.903. The molecule has 0 bridgehead atoms. The number of nitrogen functional groups attached to an aromatic ring is 1. The van der Waals surface area contributed by atoms with Crippen molar-refractivity contribution < 1.29 is 4.79 Å². The number of anilines is 1. The van der Waals surface area contributed by atoms with E-state index in [1.807, 2.05) is 12.1 Å². The van der Waals surface area contributed by atoms with Crippen molar-refractivity contribution in [2.45, 2.75) is 13.0 Å². The van der Waals surface area contributed by atoms with E-state index in [2.05, 4.69) is 10.3 Å². The third kappa shape index (κ3) is 3.72. The first-order valence-corrected chi connectivity index (χ1v) is 6.54. The van der Waals surface area contributed by atoms with Crippen LogP contribution in [0.25, 0.3) is 0 Å². The Morgan fingerprint density at radius 3 is 2.83 bits per heavy atom. The summed E-state index contributed by atoms with van der Waals surface area (Å²) < 4.78 is 0.722. The van der Waals surface area contributed by atoms with Gasteiger partial charge in [-0.15, -0.1) is 11.3 Å². The number of hydrogen-bond acceptors (Lipinski definition) is 4. The summed E-state index contributed by atoms with van der Waals surface area (Å²) in [7, 11) is 0. The van der Waals surface area contributed by atoms with Crippen LogP contribution in [0, 0.1) is 0 Å². The van der Waals surface area contributed by atoms with E-state index in [4.69, 9.17) is 17.3 Å². The van der Waals surface area contributed by atoms with Crippen LogP contribution in [-0.2, 0) is 17.8 Å². The summed E-state index contributed by atoms with van der Waals surface area (Å²) in [5.41, 5.74) is 6.81. The molecule has 0 spiro atoms. The summed E-state index contributed by atoms with van der Waals surface area (Å²) in [5.74, 6) is -0.0724. The summed E-state index contributed by atoms with van der Waals surface area (Å²) in [5, 5.41) is 2.82. The molecular formula is C12H12ClN3OS. The van der Waals surface area contributed by atoms with Crippen molar-refractivity contribution in [3.8, 4) is 0 Å². The normalized spacial score (nSPS) is 10.3. The summed E-state index contributed by atoms with van der Waals surface area (Å²) in [4.78, 5) is 16.8. The number of amides is 1. The van der Waals surface area contributed by atoms with E-state index in [1.165, 1.54) is 11.3 Å². The average molecular weight is 282 g/mol. The number of thiophene rings is 1.